The minimum Gasteiger partial charge on any atom is -0.336 e. The third-order valence-electron chi connectivity index (χ3n) is 2.23. The summed E-state index contributed by atoms with van der Waals surface area (Å²) in [5.74, 6) is 5.45. The van der Waals surface area contributed by atoms with Crippen LogP contribution in [-0.2, 0) is 0 Å². The number of halogens is 2. The normalized spacial score (nSPS) is 11.1. The molecule has 0 bridgehead atoms. The van der Waals surface area contributed by atoms with Gasteiger partial charge in [0.05, 0.1) is 5.52 Å². The molecule has 1 aromatic carbocycles. The number of hydrogen-bond acceptors (Lipinski definition) is 2. The summed E-state index contributed by atoms with van der Waals surface area (Å²) in [5.41, 5.74) is -0.610. The summed E-state index contributed by atoms with van der Waals surface area (Å²) in [6.07, 6.45) is -2.68. The number of alkyl halides is 2. The van der Waals surface area contributed by atoms with Crippen LogP contribution >= 0.6 is 0 Å². The first-order chi connectivity index (χ1) is 7.11. The quantitative estimate of drug-likeness (QED) is 0.727. The maximum absolute atomic E-state index is 12.6. The van der Waals surface area contributed by atoms with Crippen molar-refractivity contribution >= 4 is 10.9 Å². The highest BCUT2D eigenvalue weighted by atomic mass is 19.3. The van der Waals surface area contributed by atoms with Crippen molar-refractivity contribution in [2.75, 3.05) is 5.84 Å². The molecule has 0 aliphatic rings. The zero-order chi connectivity index (χ0) is 11.0. The van der Waals surface area contributed by atoms with Crippen LogP contribution in [0.25, 0.3) is 10.9 Å². The van der Waals surface area contributed by atoms with Gasteiger partial charge in [-0.25, -0.2) is 13.5 Å². The number of nitrogens with two attached hydrogens (primary N) is 1. The molecule has 0 saturated carbocycles. The smallest absolute Gasteiger partial charge is 0.269 e. The highest BCUT2D eigenvalue weighted by molar-refractivity contribution is 5.82. The summed E-state index contributed by atoms with van der Waals surface area (Å²) in [7, 11) is 0. The van der Waals surface area contributed by atoms with Gasteiger partial charge in [0.1, 0.15) is 0 Å². The van der Waals surface area contributed by atoms with E-state index in [1.165, 1.54) is 12.1 Å². The number of pyridine rings is 1. The van der Waals surface area contributed by atoms with Gasteiger partial charge in [-0.15, -0.1) is 0 Å². The molecule has 0 atom stereocenters. The average Bonchev–Trinajstić information content (AvgIpc) is 2.23. The molecule has 0 aliphatic heterocycles. The van der Waals surface area contributed by atoms with E-state index < -0.39 is 12.0 Å². The van der Waals surface area contributed by atoms with E-state index in [1.807, 2.05) is 0 Å². The molecular weight excluding hydrogens is 202 g/mol. The number of benzene rings is 1. The lowest BCUT2D eigenvalue weighted by Crippen LogP contribution is -2.27. The number of fused-ring (bicyclic) bond motifs is 1. The van der Waals surface area contributed by atoms with E-state index in [4.69, 9.17) is 5.84 Å². The molecule has 2 aromatic rings. The Morgan fingerprint density at radius 2 is 1.93 bits per heavy atom. The maximum atomic E-state index is 12.6. The number of rotatable bonds is 1. The van der Waals surface area contributed by atoms with Gasteiger partial charge in [0.2, 0.25) is 0 Å². The van der Waals surface area contributed by atoms with E-state index in [-0.39, 0.29) is 5.56 Å². The van der Waals surface area contributed by atoms with E-state index in [0.717, 1.165) is 10.7 Å². The van der Waals surface area contributed by atoms with Crippen molar-refractivity contribution in [1.29, 1.82) is 0 Å². The molecule has 0 saturated heterocycles. The summed E-state index contributed by atoms with van der Waals surface area (Å²) in [5, 5.41) is 0.301. The lowest BCUT2D eigenvalue weighted by atomic mass is 10.1. The number of nitrogens with zero attached hydrogens (tertiary/aromatic N) is 1. The Balaban J connectivity index is 2.95. The average molecular weight is 210 g/mol. The van der Waals surface area contributed by atoms with Gasteiger partial charge in [-0.2, -0.15) is 0 Å². The number of nitrogen functional groups attached to an aromatic ring is 1. The predicted octanol–water partition coefficient (Wildman–Crippen LogP) is 1.65. The summed E-state index contributed by atoms with van der Waals surface area (Å²) in [6.45, 7) is 0. The first kappa shape index (κ1) is 9.64. The van der Waals surface area contributed by atoms with Crippen LogP contribution in [-0.4, -0.2) is 4.68 Å². The molecule has 0 spiro atoms. The third-order valence-corrected chi connectivity index (χ3v) is 2.23. The van der Waals surface area contributed by atoms with Crippen LogP contribution in [0.2, 0.25) is 0 Å². The third kappa shape index (κ3) is 1.45. The monoisotopic (exact) mass is 210 g/mol. The Morgan fingerprint density at radius 3 is 2.60 bits per heavy atom. The second-order valence-corrected chi connectivity index (χ2v) is 3.13. The van der Waals surface area contributed by atoms with E-state index in [2.05, 4.69) is 0 Å². The molecule has 15 heavy (non-hydrogen) atoms. The van der Waals surface area contributed by atoms with E-state index in [1.54, 1.807) is 12.1 Å². The van der Waals surface area contributed by atoms with Crippen LogP contribution in [0.1, 0.15) is 12.0 Å². The van der Waals surface area contributed by atoms with Crippen LogP contribution in [0.5, 0.6) is 0 Å². The van der Waals surface area contributed by atoms with Gasteiger partial charge < -0.3 is 5.84 Å². The zero-order valence-corrected chi connectivity index (χ0v) is 7.65. The van der Waals surface area contributed by atoms with Crippen molar-refractivity contribution in [1.82, 2.24) is 4.68 Å². The van der Waals surface area contributed by atoms with Crippen LogP contribution < -0.4 is 11.4 Å². The Bertz CT molecular complexity index is 563. The van der Waals surface area contributed by atoms with Gasteiger partial charge in [0, 0.05) is 17.0 Å². The fourth-order valence-corrected chi connectivity index (χ4v) is 1.51. The predicted molar refractivity (Wildman–Crippen MR) is 53.3 cm³/mol. The lowest BCUT2D eigenvalue weighted by molar-refractivity contribution is 0.153. The molecule has 0 fully saturated rings. The molecule has 2 N–H and O–H groups in total. The second kappa shape index (κ2) is 3.34. The van der Waals surface area contributed by atoms with E-state index in [9.17, 15) is 13.6 Å². The Morgan fingerprint density at radius 1 is 1.27 bits per heavy atom. The van der Waals surface area contributed by atoms with Crippen LogP contribution in [0.15, 0.2) is 35.1 Å². The maximum Gasteiger partial charge on any atom is 0.269 e. The molecule has 78 valence electrons. The standard InChI is InChI=1S/C10H8F2N2O/c11-10(12)7-5-9(15)14(13)8-4-2-1-3-6(7)8/h1-5,10H,13H2. The summed E-state index contributed by atoms with van der Waals surface area (Å²) in [4.78, 5) is 11.3. The van der Waals surface area contributed by atoms with Crippen molar-refractivity contribution < 1.29 is 8.78 Å². The summed E-state index contributed by atoms with van der Waals surface area (Å²) >= 11 is 0. The minimum absolute atomic E-state index is 0.280. The largest absolute Gasteiger partial charge is 0.336 e. The molecule has 0 aliphatic carbocycles. The van der Waals surface area contributed by atoms with Gasteiger partial charge >= 0.3 is 0 Å². The fourth-order valence-electron chi connectivity index (χ4n) is 1.51. The molecule has 3 nitrogen and oxygen atoms in total. The number of aromatic nitrogens is 1. The molecule has 5 heteroatoms. The number of para-hydroxylation sites is 1. The lowest BCUT2D eigenvalue weighted by Gasteiger charge is -2.08. The first-order valence-electron chi connectivity index (χ1n) is 4.29. The highest BCUT2D eigenvalue weighted by Gasteiger charge is 2.14. The first-order valence-corrected chi connectivity index (χ1v) is 4.29. The van der Waals surface area contributed by atoms with Gasteiger partial charge in [-0.05, 0) is 6.07 Å². The fraction of sp³-hybridized carbons (Fsp3) is 0.100. The summed E-state index contributed by atoms with van der Waals surface area (Å²) < 4.78 is 26.1. The number of hydrogen-bond donors (Lipinski definition) is 1. The second-order valence-electron chi connectivity index (χ2n) is 3.13. The van der Waals surface area contributed by atoms with Crippen molar-refractivity contribution in [3.05, 3.63) is 46.2 Å². The molecular formula is C10H8F2N2O. The van der Waals surface area contributed by atoms with Crippen LogP contribution in [0, 0.1) is 0 Å². The molecule has 2 rings (SSSR count). The molecule has 1 heterocycles. The van der Waals surface area contributed by atoms with Gasteiger partial charge in [-0.1, -0.05) is 18.2 Å². The Hall–Kier alpha value is -1.91. The topological polar surface area (TPSA) is 48.0 Å². The molecule has 1 aromatic heterocycles. The molecule has 0 radical (unpaired) electrons. The van der Waals surface area contributed by atoms with Crippen molar-refractivity contribution in [3.63, 3.8) is 0 Å². The zero-order valence-electron chi connectivity index (χ0n) is 7.65. The van der Waals surface area contributed by atoms with Crippen LogP contribution in [0.4, 0.5) is 8.78 Å². The van der Waals surface area contributed by atoms with Crippen molar-refractivity contribution in [3.8, 4) is 0 Å². The van der Waals surface area contributed by atoms with E-state index in [0.29, 0.717) is 10.9 Å². The SMILES string of the molecule is Nn1c(=O)cc(C(F)F)c2ccccc21. The summed E-state index contributed by atoms with van der Waals surface area (Å²) in [6, 6.07) is 7.17. The molecule has 0 unspecified atom stereocenters. The molecule has 0 amide bonds. The Labute approximate surface area is 83.7 Å². The van der Waals surface area contributed by atoms with E-state index >= 15 is 0 Å². The van der Waals surface area contributed by atoms with Gasteiger partial charge in [-0.3, -0.25) is 4.79 Å². The highest BCUT2D eigenvalue weighted by Crippen LogP contribution is 2.25. The van der Waals surface area contributed by atoms with Gasteiger partial charge in [0.15, 0.2) is 0 Å². The Kier molecular flexibility index (Phi) is 2.15. The van der Waals surface area contributed by atoms with Gasteiger partial charge in [0.25, 0.3) is 12.0 Å². The minimum atomic E-state index is -2.68. The van der Waals surface area contributed by atoms with Crippen LogP contribution in [0.3, 0.4) is 0 Å². The van der Waals surface area contributed by atoms with Crippen molar-refractivity contribution in [2.24, 2.45) is 0 Å². The van der Waals surface area contributed by atoms with Crippen molar-refractivity contribution in [2.45, 2.75) is 6.43 Å².